The fourth-order valence-electron chi connectivity index (χ4n) is 7.31. The number of benzene rings is 2. The van der Waals surface area contributed by atoms with Crippen LogP contribution in [0.25, 0.3) is 11.0 Å². The Kier molecular flexibility index (Phi) is 11.4. The standard InChI is InChI=1S/C39H50N8O4S/c1-26(2)39(49)47-12-8-28(25-47)24-45-13-15-46(16-14-45)30-3-5-33(36(20-30)51-31-19-29-7-11-41-37(29)43-23-31)38(48)44-52-32-4-6-35(34(40)21-32)42-22-27-9-17-50-18-10-27/h3-7,11,19-21,23,26-28,42H,8-10,12-18,22,24-25,40H2,1-2H3,(H,41,43)(H,44,48). The molecule has 2 aromatic carbocycles. The molecular weight excluding hydrogens is 677 g/mol. The lowest BCUT2D eigenvalue weighted by Gasteiger charge is -2.37. The molecule has 4 aromatic rings. The number of aromatic nitrogens is 2. The van der Waals surface area contributed by atoms with Crippen LogP contribution in [-0.4, -0.2) is 97.2 Å². The Bertz CT molecular complexity index is 1850. The predicted octanol–water partition coefficient (Wildman–Crippen LogP) is 5.84. The molecule has 0 aliphatic carbocycles. The number of hydrogen-bond donors (Lipinski definition) is 4. The molecule has 12 nitrogen and oxygen atoms in total. The molecule has 7 rings (SSSR count). The van der Waals surface area contributed by atoms with Crippen molar-refractivity contribution in [2.24, 2.45) is 17.8 Å². The van der Waals surface area contributed by atoms with Crippen molar-refractivity contribution in [3.05, 3.63) is 66.5 Å². The van der Waals surface area contributed by atoms with Crippen LogP contribution in [-0.2, 0) is 9.53 Å². The molecule has 1 atom stereocenters. The van der Waals surface area contributed by atoms with Crippen LogP contribution >= 0.6 is 11.9 Å². The summed E-state index contributed by atoms with van der Waals surface area (Å²) in [5.74, 6) is 2.14. The fraction of sp³-hybridized carbons (Fsp3) is 0.462. The molecule has 52 heavy (non-hydrogen) atoms. The average Bonchev–Trinajstić information content (AvgIpc) is 3.83. The number of nitrogens with zero attached hydrogens (tertiary/aromatic N) is 4. The number of nitrogens with two attached hydrogens (primary N) is 1. The van der Waals surface area contributed by atoms with E-state index in [1.807, 2.05) is 73.5 Å². The van der Waals surface area contributed by atoms with Gasteiger partial charge in [-0.15, -0.1) is 0 Å². The summed E-state index contributed by atoms with van der Waals surface area (Å²) in [6, 6.07) is 15.5. The highest BCUT2D eigenvalue weighted by molar-refractivity contribution is 7.98. The van der Waals surface area contributed by atoms with Gasteiger partial charge in [-0.2, -0.15) is 0 Å². The van der Waals surface area contributed by atoms with Gasteiger partial charge < -0.3 is 35.3 Å². The lowest BCUT2D eigenvalue weighted by atomic mass is 10.0. The zero-order chi connectivity index (χ0) is 36.0. The number of amides is 2. The molecule has 2 aromatic heterocycles. The fourth-order valence-corrected chi connectivity index (χ4v) is 7.96. The number of hydrogen-bond acceptors (Lipinski definition) is 10. The maximum absolute atomic E-state index is 13.7. The van der Waals surface area contributed by atoms with Gasteiger partial charge in [-0.1, -0.05) is 13.8 Å². The minimum atomic E-state index is -0.270. The van der Waals surface area contributed by atoms with Crippen molar-refractivity contribution in [1.29, 1.82) is 0 Å². The molecule has 0 bridgehead atoms. The molecular formula is C39H50N8O4S. The van der Waals surface area contributed by atoms with Crippen LogP contribution in [0.1, 0.15) is 43.5 Å². The van der Waals surface area contributed by atoms with Gasteiger partial charge in [0, 0.05) is 99.7 Å². The van der Waals surface area contributed by atoms with Gasteiger partial charge in [0.1, 0.15) is 17.1 Å². The highest BCUT2D eigenvalue weighted by Crippen LogP contribution is 2.33. The number of piperazine rings is 1. The van der Waals surface area contributed by atoms with Crippen molar-refractivity contribution >= 4 is 51.9 Å². The van der Waals surface area contributed by atoms with Crippen LogP contribution in [0.5, 0.6) is 11.5 Å². The molecule has 5 N–H and O–H groups in total. The molecule has 3 aliphatic rings. The largest absolute Gasteiger partial charge is 0.455 e. The Labute approximate surface area is 309 Å². The van der Waals surface area contributed by atoms with Crippen LogP contribution in [0.2, 0.25) is 0 Å². The number of pyridine rings is 1. The zero-order valence-corrected chi connectivity index (χ0v) is 30.9. The van der Waals surface area contributed by atoms with Gasteiger partial charge in [0.2, 0.25) is 5.91 Å². The molecule has 5 heterocycles. The number of H-pyrrole nitrogens is 1. The summed E-state index contributed by atoms with van der Waals surface area (Å²) in [5.41, 5.74) is 10.1. The molecule has 0 spiro atoms. The van der Waals surface area contributed by atoms with E-state index in [2.05, 4.69) is 29.8 Å². The second-order valence-corrected chi connectivity index (χ2v) is 15.3. The number of anilines is 3. The molecule has 13 heteroatoms. The number of nitrogens with one attached hydrogen (secondary N) is 3. The third-order valence-corrected chi connectivity index (χ3v) is 11.1. The minimum absolute atomic E-state index is 0.0481. The number of aromatic amines is 1. The normalized spacial score (nSPS) is 18.6. The van der Waals surface area contributed by atoms with E-state index in [1.165, 1.54) is 11.9 Å². The number of ether oxygens (including phenoxy) is 2. The van der Waals surface area contributed by atoms with E-state index in [1.54, 1.807) is 6.20 Å². The highest BCUT2D eigenvalue weighted by atomic mass is 32.2. The predicted molar refractivity (Wildman–Crippen MR) is 207 cm³/mol. The Morgan fingerprint density at radius 3 is 2.63 bits per heavy atom. The zero-order valence-electron chi connectivity index (χ0n) is 30.1. The Morgan fingerprint density at radius 2 is 1.85 bits per heavy atom. The van der Waals surface area contributed by atoms with E-state index >= 15 is 0 Å². The quantitative estimate of drug-likeness (QED) is 0.104. The molecule has 0 radical (unpaired) electrons. The van der Waals surface area contributed by atoms with E-state index in [4.69, 9.17) is 15.2 Å². The van der Waals surface area contributed by atoms with Gasteiger partial charge in [0.15, 0.2) is 0 Å². The van der Waals surface area contributed by atoms with Crippen molar-refractivity contribution in [3.8, 4) is 11.5 Å². The van der Waals surface area contributed by atoms with Gasteiger partial charge >= 0.3 is 0 Å². The lowest BCUT2D eigenvalue weighted by Crippen LogP contribution is -2.48. The van der Waals surface area contributed by atoms with Gasteiger partial charge in [-0.3, -0.25) is 19.2 Å². The first-order valence-corrected chi connectivity index (χ1v) is 19.3. The smallest absolute Gasteiger partial charge is 0.265 e. The number of carbonyl (C=O) groups is 2. The van der Waals surface area contributed by atoms with Gasteiger partial charge in [0.25, 0.3) is 5.91 Å². The maximum Gasteiger partial charge on any atom is 0.265 e. The summed E-state index contributed by atoms with van der Waals surface area (Å²) in [6.07, 6.45) is 6.68. The van der Waals surface area contributed by atoms with Crippen molar-refractivity contribution in [1.82, 2.24) is 24.5 Å². The third kappa shape index (κ3) is 8.76. The molecule has 0 saturated carbocycles. The number of fused-ring (bicyclic) bond motifs is 1. The van der Waals surface area contributed by atoms with Crippen LogP contribution in [0.15, 0.2) is 65.8 Å². The topological polar surface area (TPSA) is 141 Å². The summed E-state index contributed by atoms with van der Waals surface area (Å²) in [5, 5.41) is 4.40. The summed E-state index contributed by atoms with van der Waals surface area (Å²) < 4.78 is 14.9. The maximum atomic E-state index is 13.7. The first-order chi connectivity index (χ1) is 25.3. The van der Waals surface area contributed by atoms with Crippen LogP contribution in [0, 0.1) is 17.8 Å². The molecule has 3 saturated heterocycles. The molecule has 2 amide bonds. The number of nitrogen functional groups attached to an aromatic ring is 1. The van der Waals surface area contributed by atoms with Crippen molar-refractivity contribution in [2.75, 3.05) is 81.5 Å². The second-order valence-electron chi connectivity index (χ2n) is 14.5. The van der Waals surface area contributed by atoms with Crippen LogP contribution < -0.4 is 25.4 Å². The molecule has 3 fully saturated rings. The van der Waals surface area contributed by atoms with Crippen molar-refractivity contribution in [3.63, 3.8) is 0 Å². The lowest BCUT2D eigenvalue weighted by molar-refractivity contribution is -0.133. The summed E-state index contributed by atoms with van der Waals surface area (Å²) in [6.45, 7) is 12.8. The first-order valence-electron chi connectivity index (χ1n) is 18.5. The summed E-state index contributed by atoms with van der Waals surface area (Å²) >= 11 is 1.23. The number of carbonyl (C=O) groups excluding carboxylic acids is 2. The Balaban J connectivity index is 0.998. The summed E-state index contributed by atoms with van der Waals surface area (Å²) in [7, 11) is 0. The van der Waals surface area contributed by atoms with Crippen LogP contribution in [0.4, 0.5) is 17.1 Å². The molecule has 3 aliphatic heterocycles. The number of likely N-dealkylation sites (tertiary alicyclic amines) is 1. The van der Waals surface area contributed by atoms with Gasteiger partial charge in [-0.05, 0) is 85.5 Å². The number of rotatable bonds is 12. The molecule has 276 valence electrons. The first kappa shape index (κ1) is 35.9. The van der Waals surface area contributed by atoms with E-state index in [9.17, 15) is 9.59 Å². The second kappa shape index (κ2) is 16.5. The van der Waals surface area contributed by atoms with E-state index in [0.29, 0.717) is 34.6 Å². The van der Waals surface area contributed by atoms with E-state index in [0.717, 1.165) is 112 Å². The summed E-state index contributed by atoms with van der Waals surface area (Å²) in [4.78, 5) is 41.5. The van der Waals surface area contributed by atoms with Crippen molar-refractivity contribution in [2.45, 2.75) is 38.0 Å². The monoisotopic (exact) mass is 726 g/mol. The Hall–Kier alpha value is -4.46. The molecule has 1 unspecified atom stereocenters. The van der Waals surface area contributed by atoms with Gasteiger partial charge in [0.05, 0.1) is 23.1 Å². The van der Waals surface area contributed by atoms with Gasteiger partial charge in [-0.25, -0.2) is 4.98 Å². The Morgan fingerprint density at radius 1 is 1.02 bits per heavy atom. The van der Waals surface area contributed by atoms with E-state index < -0.39 is 0 Å². The minimum Gasteiger partial charge on any atom is -0.455 e. The van der Waals surface area contributed by atoms with Crippen molar-refractivity contribution < 1.29 is 19.1 Å². The average molecular weight is 727 g/mol. The SMILES string of the molecule is CC(C)C(=O)N1CCC(CN2CCN(c3ccc(C(=O)NSc4ccc(NCC5CCOCC5)c(N)c4)c(Oc4cnc5[nH]ccc5c4)c3)CC2)C1. The third-order valence-electron chi connectivity index (χ3n) is 10.4. The van der Waals surface area contributed by atoms with E-state index in [-0.39, 0.29) is 17.7 Å². The highest BCUT2D eigenvalue weighted by Gasteiger charge is 2.30. The van der Waals surface area contributed by atoms with Crippen LogP contribution in [0.3, 0.4) is 0 Å².